The molecule has 0 bridgehead atoms. The Morgan fingerprint density at radius 2 is 1.83 bits per heavy atom. The first-order valence-electron chi connectivity index (χ1n) is 6.84. The van der Waals surface area contributed by atoms with Crippen LogP contribution in [0.5, 0.6) is 0 Å². The molecule has 2 amide bonds. The number of alkyl halides is 3. The van der Waals surface area contributed by atoms with E-state index in [1.165, 1.54) is 12.1 Å². The van der Waals surface area contributed by atoms with Crippen LogP contribution in [-0.2, 0) is 12.7 Å². The van der Waals surface area contributed by atoms with E-state index in [0.717, 1.165) is 18.2 Å². The number of benzene rings is 2. The fraction of sp³-hybridized carbons (Fsp3) is 0.188. The third-order valence-electron chi connectivity index (χ3n) is 3.27. The summed E-state index contributed by atoms with van der Waals surface area (Å²) in [5.41, 5.74) is -0.909. The van der Waals surface area contributed by atoms with Crippen molar-refractivity contribution in [2.24, 2.45) is 0 Å². The van der Waals surface area contributed by atoms with Gasteiger partial charge < -0.3 is 10.6 Å². The van der Waals surface area contributed by atoms with E-state index in [9.17, 15) is 26.7 Å². The Bertz CT molecular complexity index is 759. The number of rotatable bonds is 3. The summed E-state index contributed by atoms with van der Waals surface area (Å²) in [4.78, 5) is 11.8. The number of carbonyl (C=O) groups excluding carboxylic acids is 1. The van der Waals surface area contributed by atoms with E-state index in [-0.39, 0.29) is 11.3 Å². The Kier molecular flexibility index (Phi) is 5.06. The van der Waals surface area contributed by atoms with Crippen LogP contribution in [0.4, 0.5) is 32.4 Å². The molecule has 3 nitrogen and oxygen atoms in total. The molecule has 0 aromatic heterocycles. The maximum Gasteiger partial charge on any atom is 0.419 e. The van der Waals surface area contributed by atoms with Crippen LogP contribution in [0.1, 0.15) is 16.7 Å². The molecule has 0 aliphatic heterocycles. The van der Waals surface area contributed by atoms with E-state index < -0.39 is 36.0 Å². The number of aryl methyl sites for hydroxylation is 1. The summed E-state index contributed by atoms with van der Waals surface area (Å²) in [7, 11) is 0. The maximum atomic E-state index is 13.8. The predicted octanol–water partition coefficient (Wildman–Crippen LogP) is 4.61. The van der Waals surface area contributed by atoms with Gasteiger partial charge in [0.2, 0.25) is 0 Å². The molecule has 2 aromatic rings. The van der Waals surface area contributed by atoms with E-state index in [2.05, 4.69) is 10.6 Å². The fourth-order valence-corrected chi connectivity index (χ4v) is 2.01. The van der Waals surface area contributed by atoms with Gasteiger partial charge >= 0.3 is 12.2 Å². The van der Waals surface area contributed by atoms with Crippen molar-refractivity contribution in [3.63, 3.8) is 0 Å². The number of anilines is 1. The van der Waals surface area contributed by atoms with Crippen LogP contribution in [0.2, 0.25) is 0 Å². The molecule has 0 atom stereocenters. The first-order valence-corrected chi connectivity index (χ1v) is 6.84. The SMILES string of the molecule is Cc1ccc(F)cc1NC(=O)NCc1cccc(C(F)(F)F)c1F. The van der Waals surface area contributed by atoms with Crippen molar-refractivity contribution in [1.29, 1.82) is 0 Å². The molecule has 0 heterocycles. The molecule has 2 N–H and O–H groups in total. The lowest BCUT2D eigenvalue weighted by Gasteiger charge is -2.13. The molecule has 0 saturated heterocycles. The molecule has 0 saturated carbocycles. The largest absolute Gasteiger partial charge is 0.419 e. The van der Waals surface area contributed by atoms with Gasteiger partial charge in [0.15, 0.2) is 0 Å². The summed E-state index contributed by atoms with van der Waals surface area (Å²) in [5, 5.41) is 4.58. The van der Waals surface area contributed by atoms with Gasteiger partial charge in [0.05, 0.1) is 5.56 Å². The Labute approximate surface area is 134 Å². The lowest BCUT2D eigenvalue weighted by atomic mass is 10.1. The van der Waals surface area contributed by atoms with Crippen molar-refractivity contribution < 1.29 is 26.7 Å². The van der Waals surface area contributed by atoms with E-state index >= 15 is 0 Å². The number of hydrogen-bond donors (Lipinski definition) is 2. The summed E-state index contributed by atoms with van der Waals surface area (Å²) in [6.07, 6.45) is -4.82. The Hall–Kier alpha value is -2.64. The van der Waals surface area contributed by atoms with Gasteiger partial charge in [-0.2, -0.15) is 13.2 Å². The van der Waals surface area contributed by atoms with Crippen molar-refractivity contribution in [3.05, 3.63) is 64.7 Å². The smallest absolute Gasteiger partial charge is 0.334 e. The number of amides is 2. The van der Waals surface area contributed by atoms with Crippen LogP contribution >= 0.6 is 0 Å². The minimum atomic E-state index is -4.82. The number of urea groups is 1. The lowest BCUT2D eigenvalue weighted by molar-refractivity contribution is -0.140. The standard InChI is InChI=1S/C16H13F5N2O/c1-9-5-6-11(17)7-13(9)23-15(24)22-8-10-3-2-4-12(14(10)18)16(19,20)21/h2-7H,8H2,1H3,(H2,22,23,24). The minimum Gasteiger partial charge on any atom is -0.334 e. The number of halogens is 5. The highest BCUT2D eigenvalue weighted by atomic mass is 19.4. The van der Waals surface area contributed by atoms with Gasteiger partial charge in [-0.1, -0.05) is 18.2 Å². The lowest BCUT2D eigenvalue weighted by Crippen LogP contribution is -2.29. The molecule has 24 heavy (non-hydrogen) atoms. The van der Waals surface area contributed by atoms with Gasteiger partial charge in [0.1, 0.15) is 11.6 Å². The van der Waals surface area contributed by atoms with Crippen molar-refractivity contribution >= 4 is 11.7 Å². The molecule has 0 spiro atoms. The first-order chi connectivity index (χ1) is 11.2. The molecule has 8 heteroatoms. The van der Waals surface area contributed by atoms with Crippen LogP contribution in [0.3, 0.4) is 0 Å². The van der Waals surface area contributed by atoms with Crippen molar-refractivity contribution in [2.75, 3.05) is 5.32 Å². The molecule has 0 unspecified atom stereocenters. The van der Waals surface area contributed by atoms with Crippen LogP contribution in [-0.4, -0.2) is 6.03 Å². The zero-order valence-corrected chi connectivity index (χ0v) is 12.5. The van der Waals surface area contributed by atoms with Gasteiger partial charge in [0, 0.05) is 17.8 Å². The fourth-order valence-electron chi connectivity index (χ4n) is 2.01. The number of nitrogens with one attached hydrogen (secondary N) is 2. The zero-order valence-electron chi connectivity index (χ0n) is 12.5. The second-order valence-electron chi connectivity index (χ2n) is 5.04. The van der Waals surface area contributed by atoms with Gasteiger partial charge in [-0.25, -0.2) is 13.6 Å². The summed E-state index contributed by atoms with van der Waals surface area (Å²) < 4.78 is 64.8. The Morgan fingerprint density at radius 3 is 2.50 bits per heavy atom. The van der Waals surface area contributed by atoms with Crippen molar-refractivity contribution in [3.8, 4) is 0 Å². The molecule has 2 aromatic carbocycles. The first kappa shape index (κ1) is 17.7. The third-order valence-corrected chi connectivity index (χ3v) is 3.27. The molecular weight excluding hydrogens is 331 g/mol. The average molecular weight is 344 g/mol. The molecule has 128 valence electrons. The van der Waals surface area contributed by atoms with Crippen LogP contribution in [0, 0.1) is 18.6 Å². The summed E-state index contributed by atoms with van der Waals surface area (Å²) in [5.74, 6) is -1.99. The average Bonchev–Trinajstić information content (AvgIpc) is 2.49. The van der Waals surface area contributed by atoms with Crippen LogP contribution < -0.4 is 10.6 Å². The predicted molar refractivity (Wildman–Crippen MR) is 78.4 cm³/mol. The molecule has 0 fully saturated rings. The van der Waals surface area contributed by atoms with E-state index in [0.29, 0.717) is 11.6 Å². The monoisotopic (exact) mass is 344 g/mol. The minimum absolute atomic E-state index is 0.206. The second-order valence-corrected chi connectivity index (χ2v) is 5.04. The number of hydrogen-bond acceptors (Lipinski definition) is 1. The molecular formula is C16H13F5N2O. The normalized spacial score (nSPS) is 11.2. The highest BCUT2D eigenvalue weighted by molar-refractivity contribution is 5.90. The molecule has 0 aliphatic rings. The van der Waals surface area contributed by atoms with E-state index in [1.54, 1.807) is 6.92 Å². The maximum absolute atomic E-state index is 13.8. The third kappa shape index (κ3) is 4.21. The van der Waals surface area contributed by atoms with Gasteiger partial charge in [-0.05, 0) is 30.7 Å². The van der Waals surface area contributed by atoms with Crippen molar-refractivity contribution in [1.82, 2.24) is 5.32 Å². The highest BCUT2D eigenvalue weighted by Gasteiger charge is 2.34. The highest BCUT2D eigenvalue weighted by Crippen LogP contribution is 2.32. The van der Waals surface area contributed by atoms with Crippen molar-refractivity contribution in [2.45, 2.75) is 19.6 Å². The van der Waals surface area contributed by atoms with Gasteiger partial charge in [-0.3, -0.25) is 0 Å². The van der Waals surface area contributed by atoms with E-state index in [4.69, 9.17) is 0 Å². The van der Waals surface area contributed by atoms with Crippen LogP contribution in [0.15, 0.2) is 36.4 Å². The summed E-state index contributed by atoms with van der Waals surface area (Å²) >= 11 is 0. The van der Waals surface area contributed by atoms with Gasteiger partial charge in [0.25, 0.3) is 0 Å². The Morgan fingerprint density at radius 1 is 1.12 bits per heavy atom. The Balaban J connectivity index is 2.06. The summed E-state index contributed by atoms with van der Waals surface area (Å²) in [6, 6.07) is 5.79. The second kappa shape index (κ2) is 6.86. The molecule has 0 aliphatic carbocycles. The molecule has 2 rings (SSSR count). The van der Waals surface area contributed by atoms with Gasteiger partial charge in [-0.15, -0.1) is 0 Å². The topological polar surface area (TPSA) is 41.1 Å². The number of carbonyl (C=O) groups is 1. The summed E-state index contributed by atoms with van der Waals surface area (Å²) in [6.45, 7) is 1.19. The quantitative estimate of drug-likeness (QED) is 0.784. The zero-order chi connectivity index (χ0) is 17.9. The van der Waals surface area contributed by atoms with Crippen LogP contribution in [0.25, 0.3) is 0 Å². The van der Waals surface area contributed by atoms with E-state index in [1.807, 2.05) is 0 Å². The molecule has 0 radical (unpaired) electrons.